The van der Waals surface area contributed by atoms with Gasteiger partial charge in [0.05, 0.1) is 31.3 Å². The zero-order valence-electron chi connectivity index (χ0n) is 9.23. The maximum absolute atomic E-state index is 11.3. The summed E-state index contributed by atoms with van der Waals surface area (Å²) in [4.78, 5) is 11.3. The molecule has 1 aromatic rings. The Morgan fingerprint density at radius 3 is 2.81 bits per heavy atom. The third-order valence-electron chi connectivity index (χ3n) is 2.33. The zero-order valence-corrected chi connectivity index (χ0v) is 9.23. The molecule has 1 aromatic carbocycles. The van der Waals surface area contributed by atoms with E-state index in [1.165, 1.54) is 7.11 Å². The van der Waals surface area contributed by atoms with Crippen molar-refractivity contribution in [3.8, 4) is 6.07 Å². The second-order valence-electron chi connectivity index (χ2n) is 3.44. The Hall–Kier alpha value is -1.86. The van der Waals surface area contributed by atoms with E-state index >= 15 is 0 Å². The third kappa shape index (κ3) is 2.59. The van der Waals surface area contributed by atoms with Gasteiger partial charge in [-0.05, 0) is 24.1 Å². The predicted molar refractivity (Wildman–Crippen MR) is 57.7 cm³/mol. The van der Waals surface area contributed by atoms with Crippen LogP contribution in [0, 0.1) is 18.3 Å². The van der Waals surface area contributed by atoms with E-state index in [1.807, 2.05) is 6.07 Å². The number of ether oxygens (including phenoxy) is 1. The molecule has 0 saturated heterocycles. The Kier molecular flexibility index (Phi) is 4.03. The van der Waals surface area contributed by atoms with Crippen molar-refractivity contribution in [2.45, 2.75) is 19.4 Å². The molecule has 4 nitrogen and oxygen atoms in total. The second-order valence-corrected chi connectivity index (χ2v) is 3.44. The topological polar surface area (TPSA) is 70.3 Å². The first-order chi connectivity index (χ1) is 7.60. The van der Waals surface area contributed by atoms with Crippen molar-refractivity contribution in [2.24, 2.45) is 0 Å². The monoisotopic (exact) mass is 219 g/mol. The molecule has 1 N–H and O–H groups in total. The smallest absolute Gasteiger partial charge is 0.338 e. The highest BCUT2D eigenvalue weighted by molar-refractivity contribution is 5.90. The molecule has 0 aliphatic heterocycles. The van der Waals surface area contributed by atoms with Crippen LogP contribution in [-0.4, -0.2) is 18.2 Å². The number of carbonyl (C=O) groups excluding carboxylic acids is 1. The fourth-order valence-electron chi connectivity index (χ4n) is 1.44. The number of nitriles is 1. The summed E-state index contributed by atoms with van der Waals surface area (Å²) in [6, 6.07) is 6.80. The number of esters is 1. The molecule has 0 radical (unpaired) electrons. The maximum atomic E-state index is 11.3. The molecule has 4 heteroatoms. The average molecular weight is 219 g/mol. The van der Waals surface area contributed by atoms with Gasteiger partial charge in [0.15, 0.2) is 0 Å². The number of hydrogen-bond donors (Lipinski definition) is 1. The van der Waals surface area contributed by atoms with E-state index in [9.17, 15) is 9.90 Å². The number of methoxy groups -OCH3 is 1. The molecule has 0 aliphatic rings. The van der Waals surface area contributed by atoms with Crippen molar-refractivity contribution in [3.63, 3.8) is 0 Å². The van der Waals surface area contributed by atoms with Crippen molar-refractivity contribution in [1.29, 1.82) is 5.26 Å². The number of aliphatic hydroxyl groups excluding tert-OH is 1. The van der Waals surface area contributed by atoms with Gasteiger partial charge in [0.1, 0.15) is 0 Å². The number of rotatable bonds is 3. The maximum Gasteiger partial charge on any atom is 0.338 e. The molecule has 0 saturated carbocycles. The minimum atomic E-state index is -0.810. The lowest BCUT2D eigenvalue weighted by molar-refractivity contribution is 0.0599. The van der Waals surface area contributed by atoms with Gasteiger partial charge >= 0.3 is 5.97 Å². The molecule has 0 aromatic heterocycles. The first-order valence-electron chi connectivity index (χ1n) is 4.84. The molecule has 1 unspecified atom stereocenters. The minimum Gasteiger partial charge on any atom is -0.465 e. The molecular formula is C12H13NO3. The van der Waals surface area contributed by atoms with Gasteiger partial charge in [-0.25, -0.2) is 4.79 Å². The predicted octanol–water partition coefficient (Wildman–Crippen LogP) is 1.73. The number of nitrogens with zero attached hydrogens (tertiary/aromatic N) is 1. The van der Waals surface area contributed by atoms with Crippen molar-refractivity contribution < 1.29 is 14.6 Å². The van der Waals surface area contributed by atoms with Gasteiger partial charge in [-0.15, -0.1) is 0 Å². The molecular weight excluding hydrogens is 206 g/mol. The van der Waals surface area contributed by atoms with Gasteiger partial charge in [0.25, 0.3) is 0 Å². The van der Waals surface area contributed by atoms with Crippen LogP contribution in [0.2, 0.25) is 0 Å². The van der Waals surface area contributed by atoms with E-state index in [2.05, 4.69) is 4.74 Å². The number of benzene rings is 1. The highest BCUT2D eigenvalue weighted by atomic mass is 16.5. The summed E-state index contributed by atoms with van der Waals surface area (Å²) in [6.07, 6.45) is -0.771. The van der Waals surface area contributed by atoms with Gasteiger partial charge in [0.2, 0.25) is 0 Å². The number of carbonyl (C=O) groups is 1. The average Bonchev–Trinajstić information content (AvgIpc) is 2.28. The lowest BCUT2D eigenvalue weighted by atomic mass is 10.0. The Labute approximate surface area is 94.1 Å². The molecule has 1 atom stereocenters. The van der Waals surface area contributed by atoms with Crippen molar-refractivity contribution >= 4 is 5.97 Å². The van der Waals surface area contributed by atoms with Crippen LogP contribution in [0.25, 0.3) is 0 Å². The van der Waals surface area contributed by atoms with Gasteiger partial charge in [0, 0.05) is 0 Å². The molecule has 0 amide bonds. The molecule has 16 heavy (non-hydrogen) atoms. The zero-order chi connectivity index (χ0) is 12.1. The first kappa shape index (κ1) is 12.2. The Morgan fingerprint density at radius 1 is 1.62 bits per heavy atom. The van der Waals surface area contributed by atoms with Crippen LogP contribution in [0.3, 0.4) is 0 Å². The number of aliphatic hydroxyl groups is 1. The van der Waals surface area contributed by atoms with Crippen LogP contribution in [0.4, 0.5) is 0 Å². The fraction of sp³-hybridized carbons (Fsp3) is 0.333. The first-order valence-corrected chi connectivity index (χ1v) is 4.84. The Balaban J connectivity index is 3.00. The van der Waals surface area contributed by atoms with Crippen LogP contribution in [0.5, 0.6) is 0 Å². The molecule has 0 fully saturated rings. The quantitative estimate of drug-likeness (QED) is 0.786. The molecule has 0 bridgehead atoms. The lowest BCUT2D eigenvalue weighted by Gasteiger charge is -2.10. The summed E-state index contributed by atoms with van der Waals surface area (Å²) < 4.78 is 4.61. The standard InChI is InChI=1S/C12H13NO3/c1-8-7-9(11(14)5-6-13)3-4-10(8)12(15)16-2/h3-4,7,11,14H,5H2,1-2H3. The molecule has 0 heterocycles. The van der Waals surface area contributed by atoms with Crippen LogP contribution < -0.4 is 0 Å². The van der Waals surface area contributed by atoms with E-state index in [-0.39, 0.29) is 6.42 Å². The molecule has 1 rings (SSSR count). The van der Waals surface area contributed by atoms with Crippen molar-refractivity contribution in [1.82, 2.24) is 0 Å². The summed E-state index contributed by atoms with van der Waals surface area (Å²) in [6.45, 7) is 1.76. The van der Waals surface area contributed by atoms with Gasteiger partial charge in [-0.2, -0.15) is 5.26 Å². The molecule has 0 spiro atoms. The molecule has 84 valence electrons. The van der Waals surface area contributed by atoms with Crippen LogP contribution in [0.15, 0.2) is 18.2 Å². The van der Waals surface area contributed by atoms with E-state index in [4.69, 9.17) is 5.26 Å². The van der Waals surface area contributed by atoms with Crippen LogP contribution in [0.1, 0.15) is 34.0 Å². The number of aryl methyl sites for hydroxylation is 1. The van der Waals surface area contributed by atoms with Gasteiger partial charge in [-0.3, -0.25) is 0 Å². The SMILES string of the molecule is COC(=O)c1ccc(C(O)CC#N)cc1C. The summed E-state index contributed by atoms with van der Waals surface area (Å²) >= 11 is 0. The minimum absolute atomic E-state index is 0.0387. The summed E-state index contributed by atoms with van der Waals surface area (Å²) in [5.41, 5.74) is 1.82. The molecule has 0 aliphatic carbocycles. The summed E-state index contributed by atoms with van der Waals surface area (Å²) in [7, 11) is 1.32. The highest BCUT2D eigenvalue weighted by Gasteiger charge is 2.12. The second kappa shape index (κ2) is 5.29. The lowest BCUT2D eigenvalue weighted by Crippen LogP contribution is -2.05. The van der Waals surface area contributed by atoms with Gasteiger partial charge in [-0.1, -0.05) is 12.1 Å². The summed E-state index contributed by atoms with van der Waals surface area (Å²) in [5.74, 6) is -0.404. The largest absolute Gasteiger partial charge is 0.465 e. The number of hydrogen-bond acceptors (Lipinski definition) is 4. The third-order valence-corrected chi connectivity index (χ3v) is 2.33. The van der Waals surface area contributed by atoms with Gasteiger partial charge < -0.3 is 9.84 Å². The van der Waals surface area contributed by atoms with E-state index in [0.717, 1.165) is 5.56 Å². The van der Waals surface area contributed by atoms with Crippen molar-refractivity contribution in [2.75, 3.05) is 7.11 Å². The summed E-state index contributed by atoms with van der Waals surface area (Å²) in [5, 5.41) is 18.1. The van der Waals surface area contributed by atoms with E-state index in [1.54, 1.807) is 25.1 Å². The fourth-order valence-corrected chi connectivity index (χ4v) is 1.44. The Morgan fingerprint density at radius 2 is 2.31 bits per heavy atom. The van der Waals surface area contributed by atoms with E-state index in [0.29, 0.717) is 11.1 Å². The Bertz CT molecular complexity index is 434. The van der Waals surface area contributed by atoms with Crippen LogP contribution in [-0.2, 0) is 4.74 Å². The van der Waals surface area contributed by atoms with Crippen molar-refractivity contribution in [3.05, 3.63) is 34.9 Å². The highest BCUT2D eigenvalue weighted by Crippen LogP contribution is 2.20. The normalized spacial score (nSPS) is 11.6. The van der Waals surface area contributed by atoms with E-state index < -0.39 is 12.1 Å². The van der Waals surface area contributed by atoms with Crippen LogP contribution >= 0.6 is 0 Å².